The molecule has 1 aromatic carbocycles. The van der Waals surface area contributed by atoms with E-state index in [1.165, 1.54) is 12.7 Å². The van der Waals surface area contributed by atoms with E-state index in [1.54, 1.807) is 27.0 Å². The van der Waals surface area contributed by atoms with E-state index in [4.69, 9.17) is 0 Å². The van der Waals surface area contributed by atoms with Gasteiger partial charge in [-0.2, -0.15) is 0 Å². The highest BCUT2D eigenvalue weighted by Gasteiger charge is 2.40. The Labute approximate surface area is 268 Å². The molecule has 10 nitrogen and oxygen atoms in total. The van der Waals surface area contributed by atoms with Crippen LogP contribution in [-0.4, -0.2) is 75.2 Å². The normalized spacial score (nSPS) is 19.7. The summed E-state index contributed by atoms with van der Waals surface area (Å²) in [5, 5.41) is 27.9. The minimum atomic E-state index is -3.65. The van der Waals surface area contributed by atoms with Gasteiger partial charge >= 0.3 is 0 Å². The molecular weight excluding hydrogens is 592 g/mol. The van der Waals surface area contributed by atoms with Gasteiger partial charge in [0, 0.05) is 18.3 Å². The Morgan fingerprint density at radius 1 is 1.00 bits per heavy atom. The first kappa shape index (κ1) is 35.1. The van der Waals surface area contributed by atoms with Gasteiger partial charge in [0.05, 0.1) is 34.9 Å². The number of nitrogens with zero attached hydrogens (tertiary/aromatic N) is 1. The van der Waals surface area contributed by atoms with Crippen LogP contribution in [0.2, 0.25) is 0 Å². The van der Waals surface area contributed by atoms with E-state index in [0.29, 0.717) is 30.9 Å². The zero-order valence-electron chi connectivity index (χ0n) is 27.0. The number of aliphatic hydroxyl groups excluding tert-OH is 2. The summed E-state index contributed by atoms with van der Waals surface area (Å²) in [5.41, 5.74) is 1.62. The van der Waals surface area contributed by atoms with Gasteiger partial charge in [-0.05, 0) is 70.3 Å². The lowest BCUT2D eigenvalue weighted by Crippen LogP contribution is -2.57. The Bertz CT molecular complexity index is 1320. The summed E-state index contributed by atoms with van der Waals surface area (Å²) in [6.45, 7) is 4.87. The molecule has 2 aromatic rings. The summed E-state index contributed by atoms with van der Waals surface area (Å²) < 4.78 is 25.5. The number of carbonyl (C=O) groups is 2. The van der Waals surface area contributed by atoms with E-state index >= 15 is 0 Å². The summed E-state index contributed by atoms with van der Waals surface area (Å²) in [5.74, 6) is -1.87. The standard InChI is InChI=1S/C34H52N4O6S/c1-34(2,3)45(43,44)21-26(15-14-23-10-6-4-7-11-23)32(41)38-29(19-27-20-35-22-36-27)33(42)37-28(18-24-12-8-5-9-13-24)31(40)30(39)25-16-17-25/h4,6-7,10-11,20,22,24-26,28-31,39-40H,5,8-9,12-19,21H2,1-3H3,(H,35,36)(H,37,42)(H,38,41)/t26-,28-,29-,30-,31+/m0/s1. The third kappa shape index (κ3) is 10.4. The Balaban J connectivity index is 1.54. The maximum atomic E-state index is 13.9. The number of aliphatic hydroxyl groups is 2. The van der Waals surface area contributed by atoms with Crippen molar-refractivity contribution in [1.29, 1.82) is 0 Å². The van der Waals surface area contributed by atoms with Crippen LogP contribution in [0.1, 0.15) is 89.8 Å². The molecule has 250 valence electrons. The molecule has 0 bridgehead atoms. The monoisotopic (exact) mass is 644 g/mol. The van der Waals surface area contributed by atoms with Crippen LogP contribution in [0.3, 0.4) is 0 Å². The van der Waals surface area contributed by atoms with Crippen molar-refractivity contribution in [3.05, 3.63) is 54.1 Å². The van der Waals surface area contributed by atoms with Crippen molar-refractivity contribution in [2.75, 3.05) is 5.75 Å². The molecule has 2 aliphatic carbocycles. The maximum Gasteiger partial charge on any atom is 0.243 e. The molecule has 0 radical (unpaired) electrons. The third-order valence-corrected chi connectivity index (χ3v) is 12.2. The Hall–Kier alpha value is -2.76. The quantitative estimate of drug-likeness (QED) is 0.187. The second-order valence-electron chi connectivity index (χ2n) is 14.1. The lowest BCUT2D eigenvalue weighted by atomic mass is 9.82. The molecule has 11 heteroatoms. The van der Waals surface area contributed by atoms with Crippen LogP contribution >= 0.6 is 0 Å². The predicted molar refractivity (Wildman–Crippen MR) is 174 cm³/mol. The SMILES string of the molecule is CC(C)(C)S(=O)(=O)C[C@H](CCc1ccccc1)C(=O)N[C@@H](Cc1cnc[nH]1)C(=O)N[C@@H](CC1CCCCC1)[C@@H](O)[C@@H](O)C1CC1. The number of aromatic nitrogens is 2. The van der Waals surface area contributed by atoms with Gasteiger partial charge in [0.1, 0.15) is 12.1 Å². The molecule has 0 aliphatic heterocycles. The second-order valence-corrected chi connectivity index (χ2v) is 16.9. The highest BCUT2D eigenvalue weighted by molar-refractivity contribution is 7.92. The number of aryl methyl sites for hydroxylation is 1. The van der Waals surface area contributed by atoms with Crippen LogP contribution in [0.15, 0.2) is 42.9 Å². The van der Waals surface area contributed by atoms with Gasteiger partial charge in [0.15, 0.2) is 9.84 Å². The van der Waals surface area contributed by atoms with Gasteiger partial charge in [-0.15, -0.1) is 0 Å². The average Bonchev–Trinajstić information content (AvgIpc) is 3.73. The molecule has 0 unspecified atom stereocenters. The van der Waals surface area contributed by atoms with E-state index in [1.807, 2.05) is 30.3 Å². The fourth-order valence-corrected chi connectivity index (χ4v) is 7.56. The summed E-state index contributed by atoms with van der Waals surface area (Å²) in [6.07, 6.45) is 9.58. The molecule has 2 amide bonds. The molecule has 5 atom stereocenters. The number of hydrogen-bond donors (Lipinski definition) is 5. The van der Waals surface area contributed by atoms with Crippen molar-refractivity contribution in [1.82, 2.24) is 20.6 Å². The molecule has 2 aliphatic rings. The molecule has 2 fully saturated rings. The first-order valence-electron chi connectivity index (χ1n) is 16.5. The third-order valence-electron chi connectivity index (χ3n) is 9.47. The van der Waals surface area contributed by atoms with Crippen molar-refractivity contribution in [3.8, 4) is 0 Å². The molecule has 5 N–H and O–H groups in total. The minimum Gasteiger partial charge on any atom is -0.390 e. The van der Waals surface area contributed by atoms with Crippen molar-refractivity contribution in [2.24, 2.45) is 17.8 Å². The van der Waals surface area contributed by atoms with Crippen molar-refractivity contribution >= 4 is 21.7 Å². The zero-order valence-corrected chi connectivity index (χ0v) is 27.8. The number of rotatable bonds is 16. The highest BCUT2D eigenvalue weighted by atomic mass is 32.2. The number of carbonyl (C=O) groups excluding carboxylic acids is 2. The topological polar surface area (TPSA) is 161 Å². The number of aromatic amines is 1. The lowest BCUT2D eigenvalue weighted by Gasteiger charge is -2.33. The van der Waals surface area contributed by atoms with Gasteiger partial charge in [-0.1, -0.05) is 62.4 Å². The second kappa shape index (κ2) is 15.7. The summed E-state index contributed by atoms with van der Waals surface area (Å²) in [4.78, 5) is 34.9. The molecule has 45 heavy (non-hydrogen) atoms. The first-order valence-corrected chi connectivity index (χ1v) is 18.2. The largest absolute Gasteiger partial charge is 0.390 e. The van der Waals surface area contributed by atoms with Gasteiger partial charge in [-0.3, -0.25) is 9.59 Å². The molecule has 4 rings (SSSR count). The van der Waals surface area contributed by atoms with Crippen molar-refractivity contribution < 1.29 is 28.2 Å². The van der Waals surface area contributed by atoms with Crippen LogP contribution < -0.4 is 10.6 Å². The van der Waals surface area contributed by atoms with Crippen LogP contribution in [0, 0.1) is 17.8 Å². The summed E-state index contributed by atoms with van der Waals surface area (Å²) in [7, 11) is -3.65. The number of hydrogen-bond acceptors (Lipinski definition) is 7. The van der Waals surface area contributed by atoms with Crippen LogP contribution in [0.5, 0.6) is 0 Å². The van der Waals surface area contributed by atoms with Crippen molar-refractivity contribution in [3.63, 3.8) is 0 Å². The van der Waals surface area contributed by atoms with E-state index < -0.39 is 56.6 Å². The fraction of sp³-hybridized carbons (Fsp3) is 0.676. The number of amides is 2. The number of nitrogens with one attached hydrogen (secondary N) is 3. The van der Waals surface area contributed by atoms with E-state index in [2.05, 4.69) is 20.6 Å². The number of sulfone groups is 1. The van der Waals surface area contributed by atoms with Crippen molar-refractivity contribution in [2.45, 2.75) is 120 Å². The number of H-pyrrole nitrogens is 1. The Kier molecular flexibility index (Phi) is 12.2. The lowest BCUT2D eigenvalue weighted by molar-refractivity contribution is -0.132. The summed E-state index contributed by atoms with van der Waals surface area (Å²) in [6, 6.07) is 7.86. The van der Waals surface area contributed by atoms with Crippen LogP contribution in [0.25, 0.3) is 0 Å². The average molecular weight is 645 g/mol. The number of benzene rings is 1. The molecule has 0 saturated heterocycles. The minimum absolute atomic E-state index is 0.0291. The molecule has 1 aromatic heterocycles. The Morgan fingerprint density at radius 2 is 1.69 bits per heavy atom. The first-order chi connectivity index (χ1) is 21.3. The molecular formula is C34H52N4O6S. The smallest absolute Gasteiger partial charge is 0.243 e. The number of imidazole rings is 1. The van der Waals surface area contributed by atoms with Gasteiger partial charge in [0.25, 0.3) is 0 Å². The molecule has 2 saturated carbocycles. The van der Waals surface area contributed by atoms with Gasteiger partial charge in [-0.25, -0.2) is 13.4 Å². The highest BCUT2D eigenvalue weighted by Crippen LogP contribution is 2.36. The maximum absolute atomic E-state index is 13.9. The van der Waals surface area contributed by atoms with Crippen LogP contribution in [-0.2, 0) is 32.3 Å². The van der Waals surface area contributed by atoms with Gasteiger partial charge < -0.3 is 25.8 Å². The fourth-order valence-electron chi connectivity index (χ4n) is 6.21. The summed E-state index contributed by atoms with van der Waals surface area (Å²) >= 11 is 0. The zero-order chi connectivity index (χ0) is 32.6. The van der Waals surface area contributed by atoms with E-state index in [-0.39, 0.29) is 18.1 Å². The van der Waals surface area contributed by atoms with Gasteiger partial charge in [0.2, 0.25) is 11.8 Å². The molecule has 0 spiro atoms. The van der Waals surface area contributed by atoms with Crippen LogP contribution in [0.4, 0.5) is 0 Å². The van der Waals surface area contributed by atoms with E-state index in [9.17, 15) is 28.2 Å². The van der Waals surface area contributed by atoms with E-state index in [0.717, 1.165) is 44.1 Å². The Morgan fingerprint density at radius 3 is 2.29 bits per heavy atom. The predicted octanol–water partition coefficient (Wildman–Crippen LogP) is 3.49. The molecule has 1 heterocycles.